The first kappa shape index (κ1) is 18.6. The van der Waals surface area contributed by atoms with Gasteiger partial charge in [0, 0.05) is 41.3 Å². The number of alkyl halides is 3. The molecular formula is C13H21Cl3O2Ta. The molecule has 2 fully saturated rings. The smallest absolute Gasteiger partial charge is 0.180 e. The van der Waals surface area contributed by atoms with Crippen LogP contribution in [-0.2, 0) is 31.9 Å². The van der Waals surface area contributed by atoms with Crippen molar-refractivity contribution in [1.82, 2.24) is 0 Å². The Hall–Kier alpha value is 1.53. The summed E-state index contributed by atoms with van der Waals surface area (Å²) in [5.74, 6) is -0.0355. The zero-order chi connectivity index (χ0) is 13.6. The Bertz CT molecular complexity index is 314. The molecule has 19 heavy (non-hydrogen) atoms. The van der Waals surface area contributed by atoms with Crippen LogP contribution in [0, 0.1) is 11.3 Å². The molecular weight excluding hydrogens is 475 g/mol. The van der Waals surface area contributed by atoms with E-state index < -0.39 is 9.39 Å². The van der Waals surface area contributed by atoms with Crippen molar-refractivity contribution in [2.75, 3.05) is 13.2 Å². The number of hydrogen-bond acceptors (Lipinski definition) is 2. The molecule has 111 valence electrons. The first-order valence-corrected chi connectivity index (χ1v) is 7.64. The van der Waals surface area contributed by atoms with E-state index >= 15 is 0 Å². The Kier molecular flexibility index (Phi) is 6.20. The van der Waals surface area contributed by atoms with Crippen molar-refractivity contribution in [3.8, 4) is 0 Å². The van der Waals surface area contributed by atoms with E-state index in [4.69, 9.17) is 44.3 Å². The van der Waals surface area contributed by atoms with E-state index in [1.807, 2.05) is 0 Å². The summed E-state index contributed by atoms with van der Waals surface area (Å²) in [5, 5.41) is -1.07. The summed E-state index contributed by atoms with van der Waals surface area (Å²) >= 11 is 19.5. The van der Waals surface area contributed by atoms with Crippen molar-refractivity contribution in [3.05, 3.63) is 0 Å². The van der Waals surface area contributed by atoms with Gasteiger partial charge < -0.3 is 9.47 Å². The second kappa shape index (κ2) is 6.34. The van der Waals surface area contributed by atoms with Gasteiger partial charge in [0.25, 0.3) is 0 Å². The minimum absolute atomic E-state index is 0. The molecule has 1 radical (unpaired) electrons. The Morgan fingerprint density at radius 3 is 2.16 bits per heavy atom. The van der Waals surface area contributed by atoms with Gasteiger partial charge in [-0.25, -0.2) is 0 Å². The van der Waals surface area contributed by atoms with Gasteiger partial charge in [0.1, 0.15) is 0 Å². The first-order valence-electron chi connectivity index (χ1n) is 6.51. The molecule has 2 aliphatic heterocycles. The molecule has 3 unspecified atom stereocenters. The third-order valence-electron chi connectivity index (χ3n) is 3.90. The van der Waals surface area contributed by atoms with Crippen LogP contribution in [0.4, 0.5) is 0 Å². The van der Waals surface area contributed by atoms with Gasteiger partial charge in [-0.2, -0.15) is 0 Å². The van der Waals surface area contributed by atoms with Crippen LogP contribution in [0.1, 0.15) is 40.0 Å². The molecule has 0 bridgehead atoms. The van der Waals surface area contributed by atoms with E-state index in [0.29, 0.717) is 13.0 Å². The summed E-state index contributed by atoms with van der Waals surface area (Å²) in [6, 6.07) is 0. The van der Waals surface area contributed by atoms with E-state index in [1.165, 1.54) is 0 Å². The van der Waals surface area contributed by atoms with E-state index in [2.05, 4.69) is 20.8 Å². The topological polar surface area (TPSA) is 18.5 Å². The van der Waals surface area contributed by atoms with Crippen LogP contribution in [0.25, 0.3) is 0 Å². The van der Waals surface area contributed by atoms with Gasteiger partial charge in [-0.1, -0.05) is 55.6 Å². The second-order valence-electron chi connectivity index (χ2n) is 6.34. The monoisotopic (exact) mass is 495 g/mol. The minimum Gasteiger partial charge on any atom is -0.378 e. The summed E-state index contributed by atoms with van der Waals surface area (Å²) in [6.45, 7) is 7.68. The molecule has 0 aromatic heterocycles. The molecule has 0 aromatic carbocycles. The number of ether oxygens (including phenoxy) is 2. The molecule has 0 N–H and O–H groups in total. The van der Waals surface area contributed by atoms with Gasteiger partial charge in [0.15, 0.2) is 9.39 Å². The Morgan fingerprint density at radius 1 is 1.16 bits per heavy atom. The molecule has 0 spiro atoms. The molecule has 0 aromatic rings. The number of hydrogen-bond donors (Lipinski definition) is 0. The largest absolute Gasteiger partial charge is 0.378 e. The van der Waals surface area contributed by atoms with E-state index in [9.17, 15) is 0 Å². The fraction of sp³-hybridized carbons (Fsp3) is 1.00. The third kappa shape index (κ3) is 3.48. The second-order valence-corrected chi connectivity index (χ2v) is 8.39. The quantitative estimate of drug-likeness (QED) is 0.529. The summed E-state index contributed by atoms with van der Waals surface area (Å²) in [7, 11) is 0. The van der Waals surface area contributed by atoms with Crippen LogP contribution in [0.2, 0.25) is 0 Å². The summed E-state index contributed by atoms with van der Waals surface area (Å²) in [6.07, 6.45) is 2.67. The first-order chi connectivity index (χ1) is 8.18. The van der Waals surface area contributed by atoms with Gasteiger partial charge in [0.2, 0.25) is 0 Å². The average molecular weight is 497 g/mol. The standard InChI is InChI=1S/C13H21Cl3O2.Ta/c1-11(2,3)10(9-5-4-7-17-9)13(16)12(14,15)6-8-18-13;/h9-10H,4-8H2,1-3H3;. The van der Waals surface area contributed by atoms with Crippen molar-refractivity contribution >= 4 is 34.8 Å². The maximum absolute atomic E-state index is 6.73. The van der Waals surface area contributed by atoms with Crippen LogP contribution in [-0.4, -0.2) is 28.7 Å². The van der Waals surface area contributed by atoms with Gasteiger partial charge >= 0.3 is 0 Å². The molecule has 2 heterocycles. The normalized spacial score (nSPS) is 36.0. The van der Waals surface area contributed by atoms with Crippen molar-refractivity contribution in [1.29, 1.82) is 0 Å². The summed E-state index contributed by atoms with van der Waals surface area (Å²) in [4.78, 5) is 0. The molecule has 3 atom stereocenters. The van der Waals surface area contributed by atoms with Gasteiger partial charge in [0.05, 0.1) is 12.7 Å². The summed E-state index contributed by atoms with van der Waals surface area (Å²) < 4.78 is 10.6. The van der Waals surface area contributed by atoms with Crippen LogP contribution in [0.5, 0.6) is 0 Å². The maximum Gasteiger partial charge on any atom is 0.180 e. The molecule has 2 rings (SSSR count). The van der Waals surface area contributed by atoms with Crippen LogP contribution >= 0.6 is 34.8 Å². The fourth-order valence-electron chi connectivity index (χ4n) is 3.14. The Morgan fingerprint density at radius 2 is 1.79 bits per heavy atom. The molecule has 0 aliphatic carbocycles. The molecule has 2 nitrogen and oxygen atoms in total. The minimum atomic E-state index is -1.07. The zero-order valence-corrected chi connectivity index (χ0v) is 17.1. The van der Waals surface area contributed by atoms with Crippen LogP contribution in [0.3, 0.4) is 0 Å². The van der Waals surface area contributed by atoms with Crippen molar-refractivity contribution in [3.63, 3.8) is 0 Å². The molecule has 2 aliphatic rings. The predicted molar refractivity (Wildman–Crippen MR) is 75.5 cm³/mol. The van der Waals surface area contributed by atoms with Gasteiger partial charge in [-0.05, 0) is 18.3 Å². The molecule has 2 saturated heterocycles. The van der Waals surface area contributed by atoms with Crippen molar-refractivity contribution in [2.24, 2.45) is 11.3 Å². The van der Waals surface area contributed by atoms with E-state index in [1.54, 1.807) is 0 Å². The Balaban J connectivity index is 0.00000180. The van der Waals surface area contributed by atoms with Crippen LogP contribution in [0.15, 0.2) is 0 Å². The molecule has 0 amide bonds. The summed E-state index contributed by atoms with van der Waals surface area (Å²) in [5.41, 5.74) is -0.0872. The fourth-order valence-corrected chi connectivity index (χ4v) is 4.28. The maximum atomic E-state index is 6.73. The Labute approximate surface area is 146 Å². The SMILES string of the molecule is CC(C)(C)C(C1CCCO1)C1(Cl)OCCC1(Cl)Cl.[Ta]. The van der Waals surface area contributed by atoms with E-state index in [0.717, 1.165) is 19.4 Å². The number of rotatable bonds is 2. The average Bonchev–Trinajstić information content (AvgIpc) is 2.75. The van der Waals surface area contributed by atoms with Crippen molar-refractivity contribution in [2.45, 2.75) is 55.5 Å². The third-order valence-corrected chi connectivity index (χ3v) is 5.70. The zero-order valence-electron chi connectivity index (χ0n) is 11.6. The van der Waals surface area contributed by atoms with Crippen LogP contribution < -0.4 is 0 Å². The van der Waals surface area contributed by atoms with E-state index in [-0.39, 0.29) is 39.8 Å². The van der Waals surface area contributed by atoms with Gasteiger partial charge in [-0.15, -0.1) is 0 Å². The predicted octanol–water partition coefficient (Wildman–Crippen LogP) is 4.35. The van der Waals surface area contributed by atoms with Gasteiger partial charge in [-0.3, -0.25) is 0 Å². The number of halogens is 3. The van der Waals surface area contributed by atoms with Crippen molar-refractivity contribution < 1.29 is 31.9 Å². The molecule has 0 saturated carbocycles. The molecule has 6 heteroatoms.